The van der Waals surface area contributed by atoms with Gasteiger partial charge in [-0.3, -0.25) is 9.78 Å². The normalized spacial score (nSPS) is 46.6. The predicted molar refractivity (Wildman–Crippen MR) is 173 cm³/mol. The largest absolute Gasteiger partial charge is 0.388 e. The lowest BCUT2D eigenvalue weighted by Crippen LogP contribution is -2.56. The first-order valence-corrected chi connectivity index (χ1v) is 18.3. The second kappa shape index (κ2) is 10.7. The maximum atomic E-state index is 13.1. The second-order valence-corrected chi connectivity index (χ2v) is 17.8. The van der Waals surface area contributed by atoms with Gasteiger partial charge in [0.2, 0.25) is 0 Å². The van der Waals surface area contributed by atoms with Crippen molar-refractivity contribution >= 4 is 5.91 Å². The molecule has 1 aromatic heterocycles. The SMILES string of the molecule is CC12CC[C@@]34CC35CC[C@H](OC3CN(C(=O)c6cccnc6)CCO3)C(C)(C)C5CCC4C1CC1OC([C@H](O)C(C)(C)O)CCC12. The van der Waals surface area contributed by atoms with Crippen molar-refractivity contribution in [2.75, 3.05) is 19.7 Å². The first kappa shape index (κ1) is 31.7. The molecule has 2 spiro atoms. The van der Waals surface area contributed by atoms with Crippen molar-refractivity contribution in [1.82, 2.24) is 9.88 Å². The van der Waals surface area contributed by atoms with Crippen molar-refractivity contribution in [3.63, 3.8) is 0 Å². The predicted octanol–water partition coefficient (Wildman–Crippen LogP) is 5.60. The van der Waals surface area contributed by atoms with Crippen LogP contribution >= 0.6 is 0 Å². The van der Waals surface area contributed by atoms with E-state index in [1.807, 2.05) is 17.0 Å². The molecule has 8 nitrogen and oxygen atoms in total. The summed E-state index contributed by atoms with van der Waals surface area (Å²) >= 11 is 0. The minimum atomic E-state index is -1.15. The van der Waals surface area contributed by atoms with Crippen molar-refractivity contribution in [1.29, 1.82) is 0 Å². The van der Waals surface area contributed by atoms with E-state index in [-0.39, 0.29) is 29.6 Å². The molecule has 3 heterocycles. The average Bonchev–Trinajstić information content (AvgIpc) is 3.61. The van der Waals surface area contributed by atoms with E-state index in [9.17, 15) is 15.0 Å². The molecular formula is C38H56N2O6. The van der Waals surface area contributed by atoms with Crippen LogP contribution in [-0.4, -0.2) is 82.0 Å². The molecule has 5 saturated carbocycles. The van der Waals surface area contributed by atoms with E-state index < -0.39 is 18.0 Å². The number of pyridine rings is 1. The van der Waals surface area contributed by atoms with Crippen LogP contribution in [-0.2, 0) is 14.2 Å². The molecule has 0 radical (unpaired) electrons. The summed E-state index contributed by atoms with van der Waals surface area (Å²) in [6.07, 6.45) is 14.1. The fourth-order valence-corrected chi connectivity index (χ4v) is 12.9. The van der Waals surface area contributed by atoms with Crippen LogP contribution in [0, 0.1) is 45.3 Å². The molecule has 2 aliphatic heterocycles. The lowest BCUT2D eigenvalue weighted by Gasteiger charge is -2.60. The van der Waals surface area contributed by atoms with Crippen LogP contribution in [0.1, 0.15) is 109 Å². The van der Waals surface area contributed by atoms with E-state index in [2.05, 4.69) is 25.8 Å². The molecule has 8 rings (SSSR count). The number of rotatable bonds is 5. The molecule has 8 heteroatoms. The first-order valence-electron chi connectivity index (χ1n) is 18.3. The van der Waals surface area contributed by atoms with Gasteiger partial charge in [0.1, 0.15) is 6.10 Å². The van der Waals surface area contributed by atoms with Crippen LogP contribution in [0.25, 0.3) is 0 Å². The third-order valence-corrected chi connectivity index (χ3v) is 15.2. The lowest BCUT2D eigenvalue weighted by atomic mass is 9.46. The summed E-state index contributed by atoms with van der Waals surface area (Å²) in [5, 5.41) is 21.4. The standard InChI is InChI=1S/C38H56N2O6/c1-34(2)29-11-9-24-26-19-28-25(8-10-27(45-28)32(41)35(3,4)43)36(26,5)14-15-37(24)22-38(29,37)13-12-30(34)46-31-21-40(17-18-44-31)33(42)23-7-6-16-39-20-23/h6-7,16,20,24-32,41,43H,8-15,17-19,21-22H2,1-5H3/t24?,25?,26?,27?,28?,29?,30-,31?,32-,36?,37-,38?/m0/s1. The Labute approximate surface area is 275 Å². The monoisotopic (exact) mass is 636 g/mol. The highest BCUT2D eigenvalue weighted by atomic mass is 16.7. The summed E-state index contributed by atoms with van der Waals surface area (Å²) in [4.78, 5) is 19.1. The average molecular weight is 637 g/mol. The van der Waals surface area contributed by atoms with Gasteiger partial charge in [0, 0.05) is 18.9 Å². The maximum absolute atomic E-state index is 13.1. The van der Waals surface area contributed by atoms with E-state index in [1.54, 1.807) is 26.2 Å². The van der Waals surface area contributed by atoms with E-state index in [1.165, 1.54) is 38.5 Å². The highest BCUT2D eigenvalue weighted by Gasteiger charge is 2.80. The first-order chi connectivity index (χ1) is 21.8. The Morgan fingerprint density at radius 2 is 1.87 bits per heavy atom. The van der Waals surface area contributed by atoms with E-state index >= 15 is 0 Å². The number of carbonyl (C=O) groups excluding carboxylic acids is 1. The molecule has 2 saturated heterocycles. The number of nitrogens with zero attached hydrogens (tertiary/aromatic N) is 2. The number of aliphatic hydroxyl groups excluding tert-OH is 1. The summed E-state index contributed by atoms with van der Waals surface area (Å²) in [6.45, 7) is 12.4. The Bertz CT molecular complexity index is 1330. The zero-order valence-electron chi connectivity index (χ0n) is 28.6. The van der Waals surface area contributed by atoms with Crippen molar-refractivity contribution in [2.24, 2.45) is 45.3 Å². The van der Waals surface area contributed by atoms with Crippen LogP contribution < -0.4 is 0 Å². The number of amides is 1. The Morgan fingerprint density at radius 3 is 2.63 bits per heavy atom. The number of ether oxygens (including phenoxy) is 3. The van der Waals surface area contributed by atoms with Crippen molar-refractivity contribution < 1.29 is 29.2 Å². The van der Waals surface area contributed by atoms with Crippen LogP contribution in [0.2, 0.25) is 0 Å². The summed E-state index contributed by atoms with van der Waals surface area (Å²) in [5.41, 5.74) is 0.697. The smallest absolute Gasteiger partial charge is 0.255 e. The number of aliphatic hydroxyl groups is 2. The molecule has 7 aliphatic rings. The number of hydrogen-bond donors (Lipinski definition) is 2. The maximum Gasteiger partial charge on any atom is 0.255 e. The van der Waals surface area contributed by atoms with Gasteiger partial charge in [-0.25, -0.2) is 0 Å². The Kier molecular flexibility index (Phi) is 7.37. The molecule has 5 aliphatic carbocycles. The Morgan fingerprint density at radius 1 is 1.07 bits per heavy atom. The molecule has 7 fully saturated rings. The van der Waals surface area contributed by atoms with Crippen molar-refractivity contribution in [2.45, 2.75) is 135 Å². The summed E-state index contributed by atoms with van der Waals surface area (Å²) < 4.78 is 19.6. The summed E-state index contributed by atoms with van der Waals surface area (Å²) in [6, 6.07) is 3.63. The van der Waals surface area contributed by atoms with Gasteiger partial charge in [-0.1, -0.05) is 20.8 Å². The van der Waals surface area contributed by atoms with Crippen LogP contribution in [0.15, 0.2) is 24.5 Å². The minimum Gasteiger partial charge on any atom is -0.388 e. The second-order valence-electron chi connectivity index (χ2n) is 17.8. The molecule has 12 atom stereocenters. The molecule has 46 heavy (non-hydrogen) atoms. The van der Waals surface area contributed by atoms with Gasteiger partial charge in [-0.15, -0.1) is 0 Å². The Balaban J connectivity index is 0.954. The topological polar surface area (TPSA) is 101 Å². The van der Waals surface area contributed by atoms with Gasteiger partial charge < -0.3 is 29.3 Å². The van der Waals surface area contributed by atoms with E-state index in [0.29, 0.717) is 59.3 Å². The minimum absolute atomic E-state index is 0.00418. The van der Waals surface area contributed by atoms with Gasteiger partial charge in [0.25, 0.3) is 5.91 Å². The zero-order chi connectivity index (χ0) is 32.3. The third-order valence-electron chi connectivity index (χ3n) is 15.2. The quantitative estimate of drug-likeness (QED) is 0.434. The molecule has 0 bridgehead atoms. The molecule has 1 amide bonds. The zero-order valence-corrected chi connectivity index (χ0v) is 28.6. The molecular weight excluding hydrogens is 580 g/mol. The van der Waals surface area contributed by atoms with Crippen molar-refractivity contribution in [3.8, 4) is 0 Å². The molecule has 0 aromatic carbocycles. The van der Waals surface area contributed by atoms with Crippen LogP contribution in [0.5, 0.6) is 0 Å². The number of hydrogen-bond acceptors (Lipinski definition) is 7. The van der Waals surface area contributed by atoms with Crippen LogP contribution in [0.3, 0.4) is 0 Å². The Hall–Kier alpha value is -1.58. The third kappa shape index (κ3) is 4.55. The van der Waals surface area contributed by atoms with E-state index in [4.69, 9.17) is 14.2 Å². The fraction of sp³-hybridized carbons (Fsp3) is 0.842. The molecule has 9 unspecified atom stereocenters. The number of fused-ring (bicyclic) bond motifs is 4. The molecule has 1 aromatic rings. The van der Waals surface area contributed by atoms with Gasteiger partial charge >= 0.3 is 0 Å². The van der Waals surface area contributed by atoms with E-state index in [0.717, 1.165) is 31.6 Å². The number of aromatic nitrogens is 1. The number of carbonyl (C=O) groups is 1. The molecule has 2 N–H and O–H groups in total. The van der Waals surface area contributed by atoms with Gasteiger partial charge in [0.05, 0.1) is 42.6 Å². The molecule has 254 valence electrons. The lowest BCUT2D eigenvalue weighted by molar-refractivity contribution is -0.241. The number of morpholine rings is 1. The highest BCUT2D eigenvalue weighted by molar-refractivity contribution is 5.93. The highest BCUT2D eigenvalue weighted by Crippen LogP contribution is 2.87. The van der Waals surface area contributed by atoms with Crippen molar-refractivity contribution in [3.05, 3.63) is 30.1 Å². The fourth-order valence-electron chi connectivity index (χ4n) is 12.9. The van der Waals surface area contributed by atoms with Gasteiger partial charge in [-0.05, 0) is 136 Å². The van der Waals surface area contributed by atoms with Gasteiger partial charge in [-0.2, -0.15) is 0 Å². The van der Waals surface area contributed by atoms with Gasteiger partial charge in [0.15, 0.2) is 6.29 Å². The van der Waals surface area contributed by atoms with Crippen LogP contribution in [0.4, 0.5) is 0 Å². The summed E-state index contributed by atoms with van der Waals surface area (Å²) in [5.74, 6) is 2.65. The summed E-state index contributed by atoms with van der Waals surface area (Å²) in [7, 11) is 0.